The number of aliphatic hydroxyl groups is 1. The molecule has 2 rings (SSSR count). The molecule has 1 fully saturated rings. The van der Waals surface area contributed by atoms with E-state index < -0.39 is 0 Å². The first kappa shape index (κ1) is 13.6. The van der Waals surface area contributed by atoms with Gasteiger partial charge < -0.3 is 5.11 Å². The van der Waals surface area contributed by atoms with Crippen LogP contribution in [0.4, 0.5) is 0 Å². The summed E-state index contributed by atoms with van der Waals surface area (Å²) in [6, 6.07) is 8.85. The molecule has 0 saturated carbocycles. The van der Waals surface area contributed by atoms with Crippen molar-refractivity contribution in [3.63, 3.8) is 0 Å². The minimum Gasteiger partial charge on any atom is -0.393 e. The quantitative estimate of drug-likeness (QED) is 0.864. The number of hydrogen-bond donors (Lipinski definition) is 1. The summed E-state index contributed by atoms with van der Waals surface area (Å²) in [6.07, 6.45) is 3.26. The second-order valence-corrected chi connectivity index (χ2v) is 5.80. The van der Waals surface area contributed by atoms with Crippen LogP contribution in [0.3, 0.4) is 0 Å². The van der Waals surface area contributed by atoms with E-state index >= 15 is 0 Å². The predicted octanol–water partition coefficient (Wildman–Crippen LogP) is 2.98. The SMILES string of the molecule is Cc1ccc(CN2CCC(CCC(C)O)C2)cc1. The maximum Gasteiger partial charge on any atom is 0.0512 e. The van der Waals surface area contributed by atoms with Gasteiger partial charge in [-0.2, -0.15) is 0 Å². The van der Waals surface area contributed by atoms with Crippen molar-refractivity contribution >= 4 is 0 Å². The molecule has 0 bridgehead atoms. The molecule has 0 aliphatic carbocycles. The van der Waals surface area contributed by atoms with Gasteiger partial charge >= 0.3 is 0 Å². The largest absolute Gasteiger partial charge is 0.393 e. The Morgan fingerprint density at radius 1 is 1.33 bits per heavy atom. The highest BCUT2D eigenvalue weighted by molar-refractivity contribution is 5.21. The zero-order valence-electron chi connectivity index (χ0n) is 11.6. The number of nitrogens with zero attached hydrogens (tertiary/aromatic N) is 1. The highest BCUT2D eigenvalue weighted by atomic mass is 16.3. The van der Waals surface area contributed by atoms with Gasteiger partial charge in [0.1, 0.15) is 0 Å². The van der Waals surface area contributed by atoms with Gasteiger partial charge in [0.15, 0.2) is 0 Å². The molecule has 2 heteroatoms. The van der Waals surface area contributed by atoms with Crippen LogP contribution in [0, 0.1) is 12.8 Å². The average molecular weight is 247 g/mol. The lowest BCUT2D eigenvalue weighted by Gasteiger charge is -2.16. The van der Waals surface area contributed by atoms with E-state index in [-0.39, 0.29) is 6.10 Å². The number of rotatable bonds is 5. The van der Waals surface area contributed by atoms with E-state index in [2.05, 4.69) is 36.1 Å². The van der Waals surface area contributed by atoms with Gasteiger partial charge in [-0.1, -0.05) is 29.8 Å². The van der Waals surface area contributed by atoms with Crippen molar-refractivity contribution in [1.82, 2.24) is 4.90 Å². The van der Waals surface area contributed by atoms with Gasteiger partial charge in [-0.15, -0.1) is 0 Å². The second kappa shape index (κ2) is 6.35. The van der Waals surface area contributed by atoms with E-state index in [1.807, 2.05) is 6.92 Å². The summed E-state index contributed by atoms with van der Waals surface area (Å²) in [5.41, 5.74) is 2.74. The summed E-state index contributed by atoms with van der Waals surface area (Å²) < 4.78 is 0. The van der Waals surface area contributed by atoms with Gasteiger partial charge in [-0.05, 0) is 51.1 Å². The van der Waals surface area contributed by atoms with Crippen LogP contribution in [-0.2, 0) is 6.54 Å². The molecule has 18 heavy (non-hydrogen) atoms. The summed E-state index contributed by atoms with van der Waals surface area (Å²) in [5.74, 6) is 0.782. The summed E-state index contributed by atoms with van der Waals surface area (Å²) >= 11 is 0. The third-order valence-corrected chi connectivity index (χ3v) is 3.89. The van der Waals surface area contributed by atoms with E-state index in [1.165, 1.54) is 37.1 Å². The molecule has 0 spiro atoms. The molecular formula is C16H25NO. The molecule has 2 atom stereocenters. The standard InChI is InChI=1S/C16H25NO/c1-13-3-6-15(7-4-13)11-17-10-9-16(12-17)8-5-14(2)18/h3-4,6-7,14,16,18H,5,8-12H2,1-2H3. The Hall–Kier alpha value is -0.860. The number of likely N-dealkylation sites (tertiary alicyclic amines) is 1. The highest BCUT2D eigenvalue weighted by Gasteiger charge is 2.22. The van der Waals surface area contributed by atoms with E-state index in [1.54, 1.807) is 0 Å². The van der Waals surface area contributed by atoms with Gasteiger partial charge in [-0.3, -0.25) is 4.90 Å². The zero-order chi connectivity index (χ0) is 13.0. The Labute approximate surface area is 111 Å². The van der Waals surface area contributed by atoms with Gasteiger partial charge in [0.25, 0.3) is 0 Å². The van der Waals surface area contributed by atoms with Crippen LogP contribution in [0.1, 0.15) is 37.3 Å². The number of aliphatic hydroxyl groups excluding tert-OH is 1. The van der Waals surface area contributed by atoms with Crippen molar-refractivity contribution in [2.45, 2.75) is 45.8 Å². The summed E-state index contributed by atoms with van der Waals surface area (Å²) in [6.45, 7) is 7.50. The fourth-order valence-electron chi connectivity index (χ4n) is 2.72. The van der Waals surface area contributed by atoms with Crippen LogP contribution in [-0.4, -0.2) is 29.2 Å². The second-order valence-electron chi connectivity index (χ2n) is 5.80. The molecule has 1 aromatic carbocycles. The highest BCUT2D eigenvalue weighted by Crippen LogP contribution is 2.23. The Balaban J connectivity index is 1.77. The molecular weight excluding hydrogens is 222 g/mol. The van der Waals surface area contributed by atoms with E-state index in [0.717, 1.165) is 18.9 Å². The van der Waals surface area contributed by atoms with Crippen LogP contribution in [0.2, 0.25) is 0 Å². The van der Waals surface area contributed by atoms with Crippen molar-refractivity contribution in [3.8, 4) is 0 Å². The van der Waals surface area contributed by atoms with Crippen molar-refractivity contribution in [2.24, 2.45) is 5.92 Å². The van der Waals surface area contributed by atoms with Gasteiger partial charge in [0.05, 0.1) is 6.10 Å². The van der Waals surface area contributed by atoms with Crippen LogP contribution >= 0.6 is 0 Å². The molecule has 0 amide bonds. The number of hydrogen-bond acceptors (Lipinski definition) is 2. The van der Waals surface area contributed by atoms with E-state index in [0.29, 0.717) is 0 Å². The van der Waals surface area contributed by atoms with Crippen molar-refractivity contribution in [2.75, 3.05) is 13.1 Å². The van der Waals surface area contributed by atoms with Crippen LogP contribution in [0.5, 0.6) is 0 Å². The first-order valence-electron chi connectivity index (χ1n) is 7.09. The summed E-state index contributed by atoms with van der Waals surface area (Å²) in [5, 5.41) is 9.33. The molecule has 1 heterocycles. The monoisotopic (exact) mass is 247 g/mol. The van der Waals surface area contributed by atoms with Gasteiger partial charge in [-0.25, -0.2) is 0 Å². The molecule has 2 nitrogen and oxygen atoms in total. The smallest absolute Gasteiger partial charge is 0.0512 e. The normalized spacial score (nSPS) is 22.3. The Morgan fingerprint density at radius 2 is 2.06 bits per heavy atom. The number of benzene rings is 1. The fraction of sp³-hybridized carbons (Fsp3) is 0.625. The Bertz CT molecular complexity index is 358. The molecule has 0 radical (unpaired) electrons. The van der Waals surface area contributed by atoms with Gasteiger partial charge in [0.2, 0.25) is 0 Å². The first-order valence-corrected chi connectivity index (χ1v) is 7.09. The number of aryl methyl sites for hydroxylation is 1. The lowest BCUT2D eigenvalue weighted by molar-refractivity contribution is 0.173. The topological polar surface area (TPSA) is 23.5 Å². The Kier molecular flexibility index (Phi) is 4.79. The maximum atomic E-state index is 9.33. The zero-order valence-corrected chi connectivity index (χ0v) is 11.6. The molecule has 0 aromatic heterocycles. The van der Waals surface area contributed by atoms with Gasteiger partial charge in [0, 0.05) is 13.1 Å². The molecule has 2 unspecified atom stereocenters. The maximum absolute atomic E-state index is 9.33. The predicted molar refractivity (Wildman–Crippen MR) is 75.5 cm³/mol. The molecule has 1 saturated heterocycles. The van der Waals surface area contributed by atoms with Crippen LogP contribution in [0.25, 0.3) is 0 Å². The lowest BCUT2D eigenvalue weighted by atomic mass is 10.0. The van der Waals surface area contributed by atoms with Crippen LogP contribution < -0.4 is 0 Å². The molecule has 1 N–H and O–H groups in total. The summed E-state index contributed by atoms with van der Waals surface area (Å²) in [7, 11) is 0. The summed E-state index contributed by atoms with van der Waals surface area (Å²) in [4.78, 5) is 2.54. The average Bonchev–Trinajstić information content (AvgIpc) is 2.77. The third-order valence-electron chi connectivity index (χ3n) is 3.89. The van der Waals surface area contributed by atoms with E-state index in [4.69, 9.17) is 0 Å². The Morgan fingerprint density at radius 3 is 2.72 bits per heavy atom. The lowest BCUT2D eigenvalue weighted by Crippen LogP contribution is -2.20. The molecule has 100 valence electrons. The van der Waals surface area contributed by atoms with Crippen molar-refractivity contribution in [3.05, 3.63) is 35.4 Å². The molecule has 1 aliphatic heterocycles. The van der Waals surface area contributed by atoms with Crippen molar-refractivity contribution < 1.29 is 5.11 Å². The van der Waals surface area contributed by atoms with Crippen molar-refractivity contribution in [1.29, 1.82) is 0 Å². The molecule has 1 aliphatic rings. The van der Waals surface area contributed by atoms with Crippen LogP contribution in [0.15, 0.2) is 24.3 Å². The minimum absolute atomic E-state index is 0.142. The third kappa shape index (κ3) is 4.11. The molecule has 1 aromatic rings. The fourth-order valence-corrected chi connectivity index (χ4v) is 2.72. The first-order chi connectivity index (χ1) is 8.63. The van der Waals surface area contributed by atoms with E-state index in [9.17, 15) is 5.11 Å². The minimum atomic E-state index is -0.142.